The van der Waals surface area contributed by atoms with E-state index in [0.717, 1.165) is 0 Å². The monoisotopic (exact) mass is 370 g/mol. The van der Waals surface area contributed by atoms with E-state index in [1.165, 1.54) is 9.10 Å². The van der Waals surface area contributed by atoms with Gasteiger partial charge < -0.3 is 0 Å². The number of nitrogens with zero attached hydrogens (tertiary/aromatic N) is 3. The van der Waals surface area contributed by atoms with Gasteiger partial charge in [0.2, 0.25) is 0 Å². The summed E-state index contributed by atoms with van der Waals surface area (Å²) in [6.07, 6.45) is 0. The van der Waals surface area contributed by atoms with Crippen molar-refractivity contribution in [2.45, 2.75) is 0 Å². The molecule has 0 radical (unpaired) electrons. The second-order valence-corrected chi connectivity index (χ2v) is 7.13. The molecular weight excluding hydrogens is 360 g/mol. The van der Waals surface area contributed by atoms with Crippen LogP contribution in [0.15, 0.2) is 0 Å². The predicted octanol–water partition coefficient (Wildman–Crippen LogP) is -6.62. The van der Waals surface area contributed by atoms with Gasteiger partial charge in [0.25, 0.3) is 0 Å². The first-order valence-corrected chi connectivity index (χ1v) is 7.92. The molecule has 4 nitrogen and oxygen atoms in total. The second-order valence-electron chi connectivity index (χ2n) is 2.17. The summed E-state index contributed by atoms with van der Waals surface area (Å²) < 4.78 is 7.41. The van der Waals surface area contributed by atoms with E-state index < -0.39 is 0 Å². The van der Waals surface area contributed by atoms with Crippen LogP contribution in [-0.4, -0.2) is 34.6 Å². The summed E-state index contributed by atoms with van der Waals surface area (Å²) in [5.41, 5.74) is 0. The van der Waals surface area contributed by atoms with Crippen molar-refractivity contribution in [1.29, 1.82) is 0 Å². The fraction of sp³-hybridized carbons (Fsp3) is 1.00. The molecule has 2 unspecified atom stereocenters. The van der Waals surface area contributed by atoms with Crippen molar-refractivity contribution in [1.82, 2.24) is 6.44 Å². The molecule has 0 amide bonds. The third kappa shape index (κ3) is 1.29. The van der Waals surface area contributed by atoms with Crippen LogP contribution in [0.1, 0.15) is 0 Å². The minimum absolute atomic E-state index is 0.341. The number of halogens is 2. The van der Waals surface area contributed by atoms with Crippen LogP contribution in [0.5, 0.6) is 0 Å². The molecule has 0 aromatic heterocycles. The molecule has 0 aliphatic carbocycles. The first kappa shape index (κ1) is 7.92. The van der Waals surface area contributed by atoms with Gasteiger partial charge in [-0.2, -0.15) is 0 Å². The van der Waals surface area contributed by atoms with Crippen molar-refractivity contribution in [2.75, 3.05) is 23.3 Å². The maximum absolute atomic E-state index is 5.43. The van der Waals surface area contributed by atoms with E-state index in [0.29, 0.717) is 47.8 Å². The molecule has 0 aromatic carbocycles. The van der Waals surface area contributed by atoms with E-state index in [1.54, 1.807) is 7.11 Å². The normalized spacial score (nSPS) is 44.2. The molecule has 6 heteroatoms. The molecule has 0 bridgehead atoms. The minimum atomic E-state index is 0.341. The van der Waals surface area contributed by atoms with E-state index in [9.17, 15) is 0 Å². The molecule has 62 valence electrons. The van der Waals surface area contributed by atoms with E-state index in [1.807, 2.05) is 0 Å². The van der Waals surface area contributed by atoms with Gasteiger partial charge in [0.1, 0.15) is 0 Å². The third-order valence-electron chi connectivity index (χ3n) is 1.60. The predicted molar refractivity (Wildman–Crippen MR) is 26.6 cm³/mol. The van der Waals surface area contributed by atoms with Crippen LogP contribution in [-0.2, 0) is 4.84 Å². The molecule has 2 saturated heterocycles. The van der Waals surface area contributed by atoms with Crippen LogP contribution in [0.3, 0.4) is 0 Å². The Morgan fingerprint density at radius 2 is 1.70 bits per heavy atom. The Morgan fingerprint density at radius 1 is 1.30 bits per heavy atom. The first-order chi connectivity index (χ1) is 4.77. The molecule has 0 aromatic rings. The molecule has 2 heterocycles. The van der Waals surface area contributed by atoms with Gasteiger partial charge in [-0.15, -0.1) is 0 Å². The summed E-state index contributed by atoms with van der Waals surface area (Å²) >= 11 is 0.682. The Bertz CT molecular complexity index is 135. The quantitative estimate of drug-likeness (QED) is 0.0935. The van der Waals surface area contributed by atoms with Crippen molar-refractivity contribution in [2.24, 2.45) is 0 Å². The van der Waals surface area contributed by atoms with Gasteiger partial charge in [-0.1, -0.05) is 0 Å². The van der Waals surface area contributed by atoms with E-state index >= 15 is 0 Å². The summed E-state index contributed by atoms with van der Waals surface area (Å²) in [7, 11) is 3.93. The number of quaternary nitrogens is 1. The number of hydrogen-bond acceptors (Lipinski definition) is 3. The Kier molecular flexibility index (Phi) is 2.11. The van der Waals surface area contributed by atoms with Crippen LogP contribution in [0.25, 0.3) is 0 Å². The van der Waals surface area contributed by atoms with E-state index in [4.69, 9.17) is 4.84 Å². The molecule has 0 spiro atoms. The average Bonchev–Trinajstić information content (AvgIpc) is 2.73. The molecule has 0 saturated carbocycles. The molecule has 2 fully saturated rings. The molecule has 10 heavy (non-hydrogen) atoms. The number of hydroxylamine groups is 1. The van der Waals surface area contributed by atoms with E-state index in [2.05, 4.69) is 13.5 Å². The topological polar surface area (TPSA) is 15.2 Å². The van der Waals surface area contributed by atoms with Crippen LogP contribution in [0.2, 0.25) is 0 Å². The van der Waals surface area contributed by atoms with Gasteiger partial charge in [0.15, 0.2) is 0 Å². The molecule has 2 aliphatic rings. The zero-order chi connectivity index (χ0) is 7.19. The summed E-state index contributed by atoms with van der Waals surface area (Å²) in [6, 6.07) is 0. The van der Waals surface area contributed by atoms with Crippen LogP contribution < -0.4 is 43.0 Å². The number of hydrogen-bond donors (Lipinski definition) is 0. The standard InChI is InChI=1S/C4H10I2N3O/c1-9(10-2,7-3-5-7)8-4-6-8/h3-4H2,1-2H3/q-1. The maximum atomic E-state index is 5.43. The zero-order valence-electron chi connectivity index (χ0n) is 5.92. The van der Waals surface area contributed by atoms with Crippen molar-refractivity contribution in [3.05, 3.63) is 0 Å². The fourth-order valence-electron chi connectivity index (χ4n) is 0.727. The first-order valence-electron chi connectivity index (χ1n) is 2.94. The summed E-state index contributed by atoms with van der Waals surface area (Å²) in [4.78, 5) is 6.10. The Balaban J connectivity index is 2.03. The van der Waals surface area contributed by atoms with Crippen molar-refractivity contribution < 1.29 is 52.7 Å². The van der Waals surface area contributed by atoms with Crippen molar-refractivity contribution >= 4 is 0 Å². The Morgan fingerprint density at radius 3 is 1.90 bits per heavy atom. The van der Waals surface area contributed by atoms with Crippen LogP contribution in [0.4, 0.5) is 0 Å². The molecule has 2 rings (SSSR count). The third-order valence-corrected chi connectivity index (χ3v) is 5.79. The van der Waals surface area contributed by atoms with Crippen LogP contribution >= 0.6 is 0 Å². The zero-order valence-corrected chi connectivity index (χ0v) is 10.2. The van der Waals surface area contributed by atoms with Crippen molar-refractivity contribution in [3.63, 3.8) is 0 Å². The van der Waals surface area contributed by atoms with Gasteiger partial charge in [0, 0.05) is 0 Å². The fourth-order valence-corrected chi connectivity index (χ4v) is 4.45. The molecule has 2 aliphatic heterocycles. The van der Waals surface area contributed by atoms with Gasteiger partial charge in [-0.05, 0) is 0 Å². The molecular formula is C4H10I2N3O-. The van der Waals surface area contributed by atoms with Gasteiger partial charge in [-0.3, -0.25) is 0 Å². The number of rotatable bonds is 3. The molecule has 0 N–H and O–H groups in total. The van der Waals surface area contributed by atoms with Crippen LogP contribution in [0, 0.1) is 0 Å². The SMILES string of the molecule is CO[N+](C)(N1C[I-]1)N1C[I-]1. The van der Waals surface area contributed by atoms with E-state index in [-0.39, 0.29) is 0 Å². The summed E-state index contributed by atoms with van der Waals surface area (Å²) in [5.74, 6) is 0. The average molecular weight is 370 g/mol. The van der Waals surface area contributed by atoms with Crippen molar-refractivity contribution in [3.8, 4) is 0 Å². The van der Waals surface area contributed by atoms with Gasteiger partial charge >= 0.3 is 82.4 Å². The van der Waals surface area contributed by atoms with Gasteiger partial charge in [-0.25, -0.2) is 0 Å². The Hall–Kier alpha value is 1.30. The van der Waals surface area contributed by atoms with Gasteiger partial charge in [0.05, 0.1) is 0 Å². The second kappa shape index (κ2) is 2.66. The summed E-state index contributed by atoms with van der Waals surface area (Å²) in [6.45, 7) is 0. The number of alkyl halides is 2. The summed E-state index contributed by atoms with van der Waals surface area (Å²) in [5, 5.41) is 0. The molecule has 2 atom stereocenters. The Labute approximate surface area is 81.8 Å².